The number of aromatic nitrogens is 5. The molecule has 0 unspecified atom stereocenters. The molecule has 1 amide bonds. The minimum Gasteiger partial charge on any atom is -0.346 e. The van der Waals surface area contributed by atoms with E-state index in [-0.39, 0.29) is 5.91 Å². The highest BCUT2D eigenvalue weighted by Crippen LogP contribution is 2.12. The number of nitrogens with zero attached hydrogens (tertiary/aromatic N) is 5. The summed E-state index contributed by atoms with van der Waals surface area (Å²) in [5, 5.41) is 2.88. The summed E-state index contributed by atoms with van der Waals surface area (Å²) >= 11 is 0. The van der Waals surface area contributed by atoms with Gasteiger partial charge < -0.3 is 9.88 Å². The van der Waals surface area contributed by atoms with Crippen LogP contribution in [0.5, 0.6) is 0 Å². The quantitative estimate of drug-likeness (QED) is 0.746. The Morgan fingerprint density at radius 3 is 2.52 bits per heavy atom. The summed E-state index contributed by atoms with van der Waals surface area (Å²) in [6, 6.07) is 3.65. The van der Waals surface area contributed by atoms with Crippen LogP contribution < -0.4 is 5.32 Å². The van der Waals surface area contributed by atoms with Crippen molar-refractivity contribution in [3.05, 3.63) is 60.7 Å². The maximum Gasteiger partial charge on any atom is 0.254 e. The van der Waals surface area contributed by atoms with Crippen LogP contribution in [0.4, 0.5) is 0 Å². The maximum absolute atomic E-state index is 12.3. The Bertz CT molecular complexity index is 826. The molecule has 25 heavy (non-hydrogen) atoms. The first-order valence-corrected chi connectivity index (χ1v) is 8.13. The molecule has 0 radical (unpaired) electrons. The standard InChI is InChI=1S/C18H20N6O/c1-13(2)11-24-12-20-9-16(24)10-23-18(25)15-7-21-17(22-8-15)14-3-5-19-6-4-14/h3-9,12-13H,10-11H2,1-2H3,(H,23,25). The summed E-state index contributed by atoms with van der Waals surface area (Å²) in [5.74, 6) is 0.866. The van der Waals surface area contributed by atoms with Crippen LogP contribution in [0.25, 0.3) is 11.4 Å². The molecule has 7 nitrogen and oxygen atoms in total. The average molecular weight is 336 g/mol. The molecule has 128 valence electrons. The predicted octanol–water partition coefficient (Wildman–Crippen LogP) is 2.32. The van der Waals surface area contributed by atoms with Crippen LogP contribution in [0.3, 0.4) is 0 Å². The molecule has 3 heterocycles. The third-order valence-electron chi connectivity index (χ3n) is 3.64. The second kappa shape index (κ2) is 7.65. The van der Waals surface area contributed by atoms with Gasteiger partial charge in [-0.15, -0.1) is 0 Å². The fourth-order valence-electron chi connectivity index (χ4n) is 2.42. The highest BCUT2D eigenvalue weighted by molar-refractivity contribution is 5.93. The van der Waals surface area contributed by atoms with Gasteiger partial charge in [-0.1, -0.05) is 13.8 Å². The lowest BCUT2D eigenvalue weighted by molar-refractivity contribution is 0.0949. The minimum absolute atomic E-state index is 0.210. The highest BCUT2D eigenvalue weighted by Gasteiger charge is 2.10. The van der Waals surface area contributed by atoms with Crippen molar-refractivity contribution >= 4 is 5.91 Å². The SMILES string of the molecule is CC(C)Cn1cncc1CNC(=O)c1cnc(-c2ccncc2)nc1. The smallest absolute Gasteiger partial charge is 0.254 e. The summed E-state index contributed by atoms with van der Waals surface area (Å²) in [5.41, 5.74) is 2.25. The van der Waals surface area contributed by atoms with Gasteiger partial charge in [-0.05, 0) is 18.1 Å². The molecule has 3 rings (SSSR count). The lowest BCUT2D eigenvalue weighted by Crippen LogP contribution is -2.24. The molecule has 3 aromatic heterocycles. The average Bonchev–Trinajstić information content (AvgIpc) is 3.07. The second-order valence-corrected chi connectivity index (χ2v) is 6.15. The molecule has 0 aliphatic carbocycles. The third-order valence-corrected chi connectivity index (χ3v) is 3.64. The molecular weight excluding hydrogens is 316 g/mol. The molecule has 0 saturated heterocycles. The van der Waals surface area contributed by atoms with Crippen LogP contribution in [0.2, 0.25) is 0 Å². The molecule has 0 fully saturated rings. The normalized spacial score (nSPS) is 10.8. The fourth-order valence-corrected chi connectivity index (χ4v) is 2.42. The van der Waals surface area contributed by atoms with E-state index in [1.165, 1.54) is 12.4 Å². The van der Waals surface area contributed by atoms with Gasteiger partial charge in [-0.25, -0.2) is 15.0 Å². The number of nitrogens with one attached hydrogen (secondary N) is 1. The van der Waals surface area contributed by atoms with E-state index in [4.69, 9.17) is 0 Å². The largest absolute Gasteiger partial charge is 0.346 e. The fraction of sp³-hybridized carbons (Fsp3) is 0.278. The number of carbonyl (C=O) groups excluding carboxylic acids is 1. The Morgan fingerprint density at radius 2 is 1.84 bits per heavy atom. The zero-order valence-corrected chi connectivity index (χ0v) is 14.3. The summed E-state index contributed by atoms with van der Waals surface area (Å²) in [6.07, 6.45) is 9.98. The topological polar surface area (TPSA) is 85.6 Å². The van der Waals surface area contributed by atoms with E-state index in [2.05, 4.69) is 39.1 Å². The van der Waals surface area contributed by atoms with Gasteiger partial charge in [0.25, 0.3) is 5.91 Å². The summed E-state index contributed by atoms with van der Waals surface area (Å²) in [6.45, 7) is 5.57. The van der Waals surface area contributed by atoms with Gasteiger partial charge in [0.15, 0.2) is 5.82 Å². The number of rotatable bonds is 6. The van der Waals surface area contributed by atoms with Gasteiger partial charge in [-0.2, -0.15) is 0 Å². The van der Waals surface area contributed by atoms with Crippen molar-refractivity contribution < 1.29 is 4.79 Å². The van der Waals surface area contributed by atoms with Gasteiger partial charge in [0.2, 0.25) is 0 Å². The van der Waals surface area contributed by atoms with E-state index in [0.29, 0.717) is 23.9 Å². The van der Waals surface area contributed by atoms with Crippen LogP contribution in [0.15, 0.2) is 49.4 Å². The molecule has 0 aromatic carbocycles. The Balaban J connectivity index is 1.63. The third kappa shape index (κ3) is 4.26. The van der Waals surface area contributed by atoms with Gasteiger partial charge in [0.1, 0.15) is 0 Å². The van der Waals surface area contributed by atoms with Crippen molar-refractivity contribution in [2.45, 2.75) is 26.9 Å². The van der Waals surface area contributed by atoms with Gasteiger partial charge in [-0.3, -0.25) is 9.78 Å². The van der Waals surface area contributed by atoms with Crippen molar-refractivity contribution in [1.29, 1.82) is 0 Å². The Morgan fingerprint density at radius 1 is 1.12 bits per heavy atom. The highest BCUT2D eigenvalue weighted by atomic mass is 16.1. The lowest BCUT2D eigenvalue weighted by atomic mass is 10.2. The van der Waals surface area contributed by atoms with Gasteiger partial charge >= 0.3 is 0 Å². The molecule has 1 N–H and O–H groups in total. The first-order chi connectivity index (χ1) is 12.1. The first-order valence-electron chi connectivity index (χ1n) is 8.13. The van der Waals surface area contributed by atoms with Crippen molar-refractivity contribution in [2.75, 3.05) is 0 Å². The van der Waals surface area contributed by atoms with Crippen LogP contribution in [0.1, 0.15) is 29.9 Å². The zero-order chi connectivity index (χ0) is 17.6. The van der Waals surface area contributed by atoms with Crippen molar-refractivity contribution in [3.8, 4) is 11.4 Å². The minimum atomic E-state index is -0.210. The Hall–Kier alpha value is -3.09. The summed E-state index contributed by atoms with van der Waals surface area (Å²) in [7, 11) is 0. The molecule has 0 saturated carbocycles. The van der Waals surface area contributed by atoms with E-state index >= 15 is 0 Å². The van der Waals surface area contributed by atoms with Crippen LogP contribution in [-0.4, -0.2) is 30.4 Å². The Kier molecular flexibility index (Phi) is 5.13. The van der Waals surface area contributed by atoms with Crippen LogP contribution in [0, 0.1) is 5.92 Å². The number of hydrogen-bond acceptors (Lipinski definition) is 5. The van der Waals surface area contributed by atoms with Gasteiger partial charge in [0, 0.05) is 43.1 Å². The molecular formula is C18H20N6O. The van der Waals surface area contributed by atoms with E-state index in [9.17, 15) is 4.79 Å². The van der Waals surface area contributed by atoms with E-state index in [1.54, 1.807) is 24.9 Å². The van der Waals surface area contributed by atoms with Crippen LogP contribution >= 0.6 is 0 Å². The number of imidazole rings is 1. The Labute approximate surface area is 146 Å². The van der Waals surface area contributed by atoms with E-state index < -0.39 is 0 Å². The molecule has 0 spiro atoms. The van der Waals surface area contributed by atoms with Crippen molar-refractivity contribution in [3.63, 3.8) is 0 Å². The second-order valence-electron chi connectivity index (χ2n) is 6.15. The number of amides is 1. The number of carbonyl (C=O) groups is 1. The molecule has 0 atom stereocenters. The summed E-state index contributed by atoms with van der Waals surface area (Å²) in [4.78, 5) is 28.9. The molecule has 0 aliphatic heterocycles. The van der Waals surface area contributed by atoms with E-state index in [0.717, 1.165) is 17.8 Å². The molecule has 7 heteroatoms. The molecule has 0 bridgehead atoms. The van der Waals surface area contributed by atoms with Gasteiger partial charge in [0.05, 0.1) is 24.1 Å². The first kappa shape index (κ1) is 16.8. The molecule has 0 aliphatic rings. The summed E-state index contributed by atoms with van der Waals surface area (Å²) < 4.78 is 2.05. The van der Waals surface area contributed by atoms with E-state index in [1.807, 2.05) is 16.7 Å². The lowest BCUT2D eigenvalue weighted by Gasteiger charge is -2.11. The number of pyridine rings is 1. The maximum atomic E-state index is 12.3. The van der Waals surface area contributed by atoms with Crippen LogP contribution in [-0.2, 0) is 13.1 Å². The zero-order valence-electron chi connectivity index (χ0n) is 14.3. The monoisotopic (exact) mass is 336 g/mol. The number of hydrogen-bond donors (Lipinski definition) is 1. The van der Waals surface area contributed by atoms with Crippen molar-refractivity contribution in [2.24, 2.45) is 5.92 Å². The molecule has 3 aromatic rings. The predicted molar refractivity (Wildman–Crippen MR) is 93.5 cm³/mol. The van der Waals surface area contributed by atoms with Crippen molar-refractivity contribution in [1.82, 2.24) is 29.8 Å².